The van der Waals surface area contributed by atoms with Crippen molar-refractivity contribution in [2.45, 2.75) is 27.2 Å². The molecule has 2 rings (SSSR count). The third kappa shape index (κ3) is 3.20. The van der Waals surface area contributed by atoms with Crippen LogP contribution in [0, 0.1) is 13.8 Å². The lowest BCUT2D eigenvalue weighted by atomic mass is 10.1. The monoisotopic (exact) mass is 273 g/mol. The molecule has 1 aromatic heterocycles. The third-order valence-corrected chi connectivity index (χ3v) is 2.95. The van der Waals surface area contributed by atoms with Gasteiger partial charge in [-0.3, -0.25) is 4.79 Å². The zero-order valence-corrected chi connectivity index (χ0v) is 12.0. The van der Waals surface area contributed by atoms with Crippen LogP contribution in [0.3, 0.4) is 0 Å². The number of carbonyl (C=O) groups excluding carboxylic acids is 1. The Bertz CT molecular complexity index is 582. The molecular weight excluding hydrogens is 254 g/mol. The molecule has 2 aromatic rings. The van der Waals surface area contributed by atoms with Crippen molar-refractivity contribution in [1.82, 2.24) is 0 Å². The van der Waals surface area contributed by atoms with Crippen molar-refractivity contribution in [3.63, 3.8) is 0 Å². The van der Waals surface area contributed by atoms with Gasteiger partial charge < -0.3 is 14.5 Å². The molecule has 0 saturated heterocycles. The van der Waals surface area contributed by atoms with Gasteiger partial charge in [0.25, 0.3) is 5.91 Å². The molecule has 0 radical (unpaired) electrons. The highest BCUT2D eigenvalue weighted by Gasteiger charge is 2.15. The lowest BCUT2D eigenvalue weighted by Gasteiger charge is -2.08. The molecule has 0 bridgehead atoms. The van der Waals surface area contributed by atoms with E-state index in [1.807, 2.05) is 31.2 Å². The molecule has 0 saturated carbocycles. The Hall–Kier alpha value is -2.23. The van der Waals surface area contributed by atoms with Crippen molar-refractivity contribution in [2.75, 3.05) is 11.9 Å². The summed E-state index contributed by atoms with van der Waals surface area (Å²) in [6.07, 6.45) is 2.54. The zero-order valence-electron chi connectivity index (χ0n) is 12.0. The van der Waals surface area contributed by atoms with Crippen LogP contribution in [-0.2, 0) is 0 Å². The molecule has 4 heteroatoms. The molecule has 1 N–H and O–H groups in total. The van der Waals surface area contributed by atoms with Gasteiger partial charge in [0.15, 0.2) is 0 Å². The number of hydrogen-bond donors (Lipinski definition) is 1. The number of rotatable bonds is 5. The molecule has 0 unspecified atom stereocenters. The van der Waals surface area contributed by atoms with Crippen molar-refractivity contribution >= 4 is 11.6 Å². The summed E-state index contributed by atoms with van der Waals surface area (Å²) >= 11 is 0. The number of nitrogens with one attached hydrogen (secondary N) is 1. The first-order valence-electron chi connectivity index (χ1n) is 6.70. The molecule has 0 aliphatic heterocycles. The standard InChI is InChI=1S/C16H19NO3/c1-4-8-19-14-7-5-6-13(9-14)17-16(18)15-11(2)10-20-12(15)3/h5-7,9-10H,4,8H2,1-3H3,(H,17,18). The van der Waals surface area contributed by atoms with E-state index in [0.717, 1.165) is 17.7 Å². The third-order valence-electron chi connectivity index (χ3n) is 2.95. The maximum Gasteiger partial charge on any atom is 0.259 e. The molecule has 1 heterocycles. The quantitative estimate of drug-likeness (QED) is 0.897. The summed E-state index contributed by atoms with van der Waals surface area (Å²) < 4.78 is 10.8. The molecule has 20 heavy (non-hydrogen) atoms. The normalized spacial score (nSPS) is 10.3. The van der Waals surface area contributed by atoms with Crippen molar-refractivity contribution in [2.24, 2.45) is 0 Å². The Labute approximate surface area is 118 Å². The molecule has 106 valence electrons. The first kappa shape index (κ1) is 14.2. The van der Waals surface area contributed by atoms with Crippen LogP contribution < -0.4 is 10.1 Å². The highest BCUT2D eigenvalue weighted by molar-refractivity contribution is 6.06. The van der Waals surface area contributed by atoms with Crippen LogP contribution in [0.4, 0.5) is 5.69 Å². The van der Waals surface area contributed by atoms with Crippen LogP contribution in [0.25, 0.3) is 0 Å². The van der Waals surface area contributed by atoms with Crippen LogP contribution in [0.15, 0.2) is 34.9 Å². The first-order valence-corrected chi connectivity index (χ1v) is 6.70. The summed E-state index contributed by atoms with van der Waals surface area (Å²) in [5.74, 6) is 1.21. The van der Waals surface area contributed by atoms with Gasteiger partial charge in [-0.05, 0) is 32.4 Å². The van der Waals surface area contributed by atoms with E-state index in [2.05, 4.69) is 12.2 Å². The Morgan fingerprint density at radius 1 is 1.35 bits per heavy atom. The highest BCUT2D eigenvalue weighted by Crippen LogP contribution is 2.21. The summed E-state index contributed by atoms with van der Waals surface area (Å²) in [4.78, 5) is 12.2. The lowest BCUT2D eigenvalue weighted by molar-refractivity contribution is 0.102. The van der Waals surface area contributed by atoms with Gasteiger partial charge >= 0.3 is 0 Å². The van der Waals surface area contributed by atoms with E-state index >= 15 is 0 Å². The topological polar surface area (TPSA) is 51.5 Å². The van der Waals surface area contributed by atoms with Crippen molar-refractivity contribution < 1.29 is 13.9 Å². The summed E-state index contributed by atoms with van der Waals surface area (Å²) in [5, 5.41) is 2.86. The summed E-state index contributed by atoms with van der Waals surface area (Å²) in [5.41, 5.74) is 2.13. The second-order valence-corrected chi connectivity index (χ2v) is 4.68. The Balaban J connectivity index is 2.12. The van der Waals surface area contributed by atoms with Crippen LogP contribution >= 0.6 is 0 Å². The zero-order chi connectivity index (χ0) is 14.5. The number of benzene rings is 1. The summed E-state index contributed by atoms with van der Waals surface area (Å²) in [6.45, 7) is 6.35. The van der Waals surface area contributed by atoms with E-state index in [4.69, 9.17) is 9.15 Å². The van der Waals surface area contributed by atoms with Crippen molar-refractivity contribution in [3.8, 4) is 5.75 Å². The van der Waals surface area contributed by atoms with Gasteiger partial charge in [0, 0.05) is 17.3 Å². The Morgan fingerprint density at radius 2 is 2.15 bits per heavy atom. The number of amides is 1. The summed E-state index contributed by atoms with van der Waals surface area (Å²) in [7, 11) is 0. The predicted octanol–water partition coefficient (Wildman–Crippen LogP) is 3.94. The average Bonchev–Trinajstić information content (AvgIpc) is 2.76. The Kier molecular flexibility index (Phi) is 4.45. The first-order chi connectivity index (χ1) is 9.61. The maximum atomic E-state index is 12.2. The molecule has 0 atom stereocenters. The van der Waals surface area contributed by atoms with E-state index in [1.54, 1.807) is 13.2 Å². The average molecular weight is 273 g/mol. The maximum absolute atomic E-state index is 12.2. The van der Waals surface area contributed by atoms with Crippen LogP contribution in [0.1, 0.15) is 35.0 Å². The summed E-state index contributed by atoms with van der Waals surface area (Å²) in [6, 6.07) is 7.38. The fourth-order valence-electron chi connectivity index (χ4n) is 1.99. The number of aryl methyl sites for hydroxylation is 2. The fraction of sp³-hybridized carbons (Fsp3) is 0.312. The lowest BCUT2D eigenvalue weighted by Crippen LogP contribution is -2.13. The van der Waals surface area contributed by atoms with E-state index in [0.29, 0.717) is 23.6 Å². The van der Waals surface area contributed by atoms with E-state index in [1.165, 1.54) is 0 Å². The molecule has 0 spiro atoms. The van der Waals surface area contributed by atoms with Gasteiger partial charge in [-0.25, -0.2) is 0 Å². The van der Waals surface area contributed by atoms with E-state index in [-0.39, 0.29) is 5.91 Å². The van der Waals surface area contributed by atoms with Crippen LogP contribution in [-0.4, -0.2) is 12.5 Å². The minimum atomic E-state index is -0.165. The highest BCUT2D eigenvalue weighted by atomic mass is 16.5. The van der Waals surface area contributed by atoms with Gasteiger partial charge in [0.1, 0.15) is 11.5 Å². The number of ether oxygens (including phenoxy) is 1. The van der Waals surface area contributed by atoms with Crippen molar-refractivity contribution in [3.05, 3.63) is 47.4 Å². The molecule has 1 amide bonds. The fourth-order valence-corrected chi connectivity index (χ4v) is 1.99. The minimum Gasteiger partial charge on any atom is -0.494 e. The second kappa shape index (κ2) is 6.28. The van der Waals surface area contributed by atoms with Crippen molar-refractivity contribution in [1.29, 1.82) is 0 Å². The SMILES string of the molecule is CCCOc1cccc(NC(=O)c2c(C)coc2C)c1. The van der Waals surface area contributed by atoms with E-state index < -0.39 is 0 Å². The molecular formula is C16H19NO3. The molecule has 0 aliphatic rings. The number of carbonyl (C=O) groups is 1. The number of anilines is 1. The Morgan fingerprint density at radius 3 is 2.80 bits per heavy atom. The van der Waals surface area contributed by atoms with Gasteiger partial charge in [0.2, 0.25) is 0 Å². The van der Waals surface area contributed by atoms with Crippen LogP contribution in [0.2, 0.25) is 0 Å². The van der Waals surface area contributed by atoms with E-state index in [9.17, 15) is 4.79 Å². The molecule has 1 aromatic carbocycles. The van der Waals surface area contributed by atoms with Crippen LogP contribution in [0.5, 0.6) is 5.75 Å². The van der Waals surface area contributed by atoms with Gasteiger partial charge in [-0.15, -0.1) is 0 Å². The molecule has 0 aliphatic carbocycles. The molecule has 0 fully saturated rings. The second-order valence-electron chi connectivity index (χ2n) is 4.68. The smallest absolute Gasteiger partial charge is 0.259 e. The minimum absolute atomic E-state index is 0.165. The predicted molar refractivity (Wildman–Crippen MR) is 78.4 cm³/mol. The van der Waals surface area contributed by atoms with Gasteiger partial charge in [-0.1, -0.05) is 13.0 Å². The van der Waals surface area contributed by atoms with Gasteiger partial charge in [-0.2, -0.15) is 0 Å². The molecule has 4 nitrogen and oxygen atoms in total. The number of furan rings is 1. The largest absolute Gasteiger partial charge is 0.494 e. The number of hydrogen-bond acceptors (Lipinski definition) is 3. The van der Waals surface area contributed by atoms with Gasteiger partial charge in [0.05, 0.1) is 18.4 Å².